The third-order valence-corrected chi connectivity index (χ3v) is 1.37. The van der Waals surface area contributed by atoms with Crippen LogP contribution < -0.4 is 5.73 Å². The Morgan fingerprint density at radius 1 is 1.60 bits per heavy atom. The first kappa shape index (κ1) is 5.21. The predicted molar refractivity (Wildman–Crippen MR) is 34.3 cm³/mol. The second kappa shape index (κ2) is 1.47. The van der Waals surface area contributed by atoms with Gasteiger partial charge in [-0.3, -0.25) is 0 Å². The van der Waals surface area contributed by atoms with Gasteiger partial charge in [-0.1, -0.05) is 0 Å². The zero-order valence-electron chi connectivity index (χ0n) is 5.37. The second-order valence-electron chi connectivity index (χ2n) is 2.03. The molecule has 0 aliphatic carbocycles. The Morgan fingerprint density at radius 3 is 3.10 bits per heavy atom. The van der Waals surface area contributed by atoms with Crippen molar-refractivity contribution < 1.29 is 0 Å². The Morgan fingerprint density at radius 2 is 2.40 bits per heavy atom. The first-order valence-corrected chi connectivity index (χ1v) is 2.81. The Labute approximate surface area is 56.0 Å². The maximum Gasteiger partial charge on any atom is 0.222 e. The molecule has 2 aromatic heterocycles. The molecule has 0 aliphatic heterocycles. The van der Waals surface area contributed by atoms with Crippen molar-refractivity contribution in [2.24, 2.45) is 0 Å². The first-order valence-electron chi connectivity index (χ1n) is 2.81. The molecule has 0 saturated carbocycles. The van der Waals surface area contributed by atoms with E-state index in [1.165, 1.54) is 4.63 Å². The normalized spacial score (nSPS) is 10.9. The molecule has 6 heteroatoms. The lowest BCUT2D eigenvalue weighted by Crippen LogP contribution is -1.86. The summed E-state index contributed by atoms with van der Waals surface area (Å²) in [6, 6.07) is 0. The molecule has 2 rings (SSSR count). The van der Waals surface area contributed by atoms with Crippen LogP contribution in [0.25, 0.3) is 5.65 Å². The van der Waals surface area contributed by atoms with E-state index in [4.69, 9.17) is 5.73 Å². The molecule has 0 unspecified atom stereocenters. The van der Waals surface area contributed by atoms with Crippen molar-refractivity contribution in [3.8, 4) is 0 Å². The van der Waals surface area contributed by atoms with E-state index in [9.17, 15) is 0 Å². The summed E-state index contributed by atoms with van der Waals surface area (Å²) in [5, 5.41) is 13.7. The van der Waals surface area contributed by atoms with Gasteiger partial charge in [0.25, 0.3) is 0 Å². The van der Waals surface area contributed by atoms with Gasteiger partial charge in [0, 0.05) is 0 Å². The summed E-state index contributed by atoms with van der Waals surface area (Å²) >= 11 is 0. The van der Waals surface area contributed by atoms with Crippen LogP contribution in [0.3, 0.4) is 0 Å². The highest BCUT2D eigenvalue weighted by molar-refractivity contribution is 5.65. The van der Waals surface area contributed by atoms with Crippen molar-refractivity contribution >= 4 is 11.3 Å². The number of aromatic nitrogens is 5. The Hall–Kier alpha value is -1.59. The van der Waals surface area contributed by atoms with Crippen molar-refractivity contribution in [1.82, 2.24) is 25.3 Å². The fourth-order valence-electron chi connectivity index (χ4n) is 0.805. The third-order valence-electron chi connectivity index (χ3n) is 1.37. The fourth-order valence-corrected chi connectivity index (χ4v) is 0.805. The van der Waals surface area contributed by atoms with Crippen LogP contribution in [0, 0.1) is 6.92 Å². The van der Waals surface area contributed by atoms with Crippen LogP contribution in [0.1, 0.15) is 5.69 Å². The van der Waals surface area contributed by atoms with Gasteiger partial charge >= 0.3 is 0 Å². The van der Waals surface area contributed by atoms with E-state index in [2.05, 4.69) is 20.6 Å². The molecule has 0 radical (unpaired) electrons. The smallest absolute Gasteiger partial charge is 0.222 e. The zero-order valence-corrected chi connectivity index (χ0v) is 5.37. The number of anilines is 1. The van der Waals surface area contributed by atoms with Crippen LogP contribution in [0.4, 0.5) is 5.69 Å². The molecule has 2 aromatic rings. The van der Waals surface area contributed by atoms with Crippen molar-refractivity contribution in [2.45, 2.75) is 6.92 Å². The van der Waals surface area contributed by atoms with Crippen molar-refractivity contribution in [3.05, 3.63) is 5.69 Å². The van der Waals surface area contributed by atoms with Gasteiger partial charge in [0.05, 0.1) is 5.69 Å². The fraction of sp³-hybridized carbons (Fsp3) is 0.250. The molecule has 2 heterocycles. The highest BCUT2D eigenvalue weighted by Crippen LogP contribution is 2.11. The molecule has 0 amide bonds. The molecule has 0 bridgehead atoms. The Balaban J connectivity index is 2.95. The van der Waals surface area contributed by atoms with Crippen LogP contribution >= 0.6 is 0 Å². The van der Waals surface area contributed by atoms with Crippen molar-refractivity contribution in [2.75, 3.05) is 5.73 Å². The number of tetrazole rings is 1. The number of nitrogens with one attached hydrogen (secondary N) is 1. The lowest BCUT2D eigenvalue weighted by Gasteiger charge is -1.79. The minimum Gasteiger partial charge on any atom is -0.394 e. The van der Waals surface area contributed by atoms with E-state index < -0.39 is 0 Å². The minimum absolute atomic E-state index is 0.578. The van der Waals surface area contributed by atoms with Gasteiger partial charge < -0.3 is 5.73 Å². The number of nitrogens with zero attached hydrogens (tertiary/aromatic N) is 4. The molecular formula is C4H6N6. The van der Waals surface area contributed by atoms with E-state index in [-0.39, 0.29) is 0 Å². The van der Waals surface area contributed by atoms with Crippen molar-refractivity contribution in [1.29, 1.82) is 0 Å². The number of rotatable bonds is 0. The third kappa shape index (κ3) is 0.450. The summed E-state index contributed by atoms with van der Waals surface area (Å²) in [5.41, 5.74) is 7.50. The number of aryl methyl sites for hydroxylation is 1. The molecular weight excluding hydrogens is 132 g/mol. The maximum atomic E-state index is 5.58. The van der Waals surface area contributed by atoms with Crippen LogP contribution in [-0.2, 0) is 0 Å². The number of hydrogen-bond acceptors (Lipinski definition) is 4. The number of nitrogens with two attached hydrogens (primary N) is 1. The molecule has 0 fully saturated rings. The molecule has 0 aliphatic rings. The summed E-state index contributed by atoms with van der Waals surface area (Å²) in [7, 11) is 0. The number of H-pyrrole nitrogens is 1. The van der Waals surface area contributed by atoms with Crippen LogP contribution in [-0.4, -0.2) is 25.3 Å². The van der Waals surface area contributed by atoms with E-state index in [0.717, 1.165) is 5.69 Å². The molecule has 0 aromatic carbocycles. The Bertz CT molecular complexity index is 357. The lowest BCUT2D eigenvalue weighted by molar-refractivity contribution is 0.734. The molecule has 10 heavy (non-hydrogen) atoms. The highest BCUT2D eigenvalue weighted by atomic mass is 15.6. The van der Waals surface area contributed by atoms with E-state index in [1.807, 2.05) is 6.92 Å². The maximum absolute atomic E-state index is 5.58. The standard InChI is InChI=1S/C4H6N6/c1-2-3(5)4-6-8-9-10(4)7-2/h5H2,1H3,(H,6,9). The van der Waals surface area contributed by atoms with Crippen LogP contribution in [0.5, 0.6) is 0 Å². The first-order chi connectivity index (χ1) is 4.79. The lowest BCUT2D eigenvalue weighted by atomic mass is 10.4. The topological polar surface area (TPSA) is 84.9 Å². The summed E-state index contributed by atoms with van der Waals surface area (Å²) in [6.07, 6.45) is 0. The summed E-state index contributed by atoms with van der Waals surface area (Å²) in [6.45, 7) is 1.82. The van der Waals surface area contributed by atoms with Gasteiger partial charge in [-0.2, -0.15) is 10.3 Å². The summed E-state index contributed by atoms with van der Waals surface area (Å²) < 4.78 is 1.44. The van der Waals surface area contributed by atoms with E-state index in [0.29, 0.717) is 11.3 Å². The highest BCUT2D eigenvalue weighted by Gasteiger charge is 2.06. The van der Waals surface area contributed by atoms with Gasteiger partial charge in [0.15, 0.2) is 0 Å². The van der Waals surface area contributed by atoms with E-state index >= 15 is 0 Å². The number of fused-ring (bicyclic) bond motifs is 1. The minimum atomic E-state index is 0.578. The number of nitrogen functional groups attached to an aromatic ring is 1. The van der Waals surface area contributed by atoms with Gasteiger partial charge in [0.1, 0.15) is 5.69 Å². The predicted octanol–water partition coefficient (Wildman–Crippen LogP) is -0.657. The molecule has 0 saturated heterocycles. The summed E-state index contributed by atoms with van der Waals surface area (Å²) in [4.78, 5) is 0. The average Bonchev–Trinajstić information content (AvgIpc) is 2.41. The average molecular weight is 138 g/mol. The molecule has 6 nitrogen and oxygen atoms in total. The quantitative estimate of drug-likeness (QED) is 0.506. The van der Waals surface area contributed by atoms with Crippen molar-refractivity contribution in [3.63, 3.8) is 0 Å². The SMILES string of the molecule is Cc1nn2[nH]nnc2c1N. The Kier molecular flexibility index (Phi) is 0.765. The van der Waals surface area contributed by atoms with E-state index in [1.54, 1.807) is 0 Å². The number of hydrogen-bond donors (Lipinski definition) is 2. The number of aromatic amines is 1. The van der Waals surface area contributed by atoms with Gasteiger partial charge in [-0.05, 0) is 12.1 Å². The molecule has 3 N–H and O–H groups in total. The summed E-state index contributed by atoms with van der Waals surface area (Å²) in [5.74, 6) is 0. The van der Waals surface area contributed by atoms with Gasteiger partial charge in [-0.15, -0.1) is 9.73 Å². The molecule has 0 spiro atoms. The van der Waals surface area contributed by atoms with Gasteiger partial charge in [-0.25, -0.2) is 0 Å². The zero-order chi connectivity index (χ0) is 7.14. The molecule has 52 valence electrons. The largest absolute Gasteiger partial charge is 0.394 e. The van der Waals surface area contributed by atoms with Gasteiger partial charge in [0.2, 0.25) is 5.65 Å². The second-order valence-corrected chi connectivity index (χ2v) is 2.03. The monoisotopic (exact) mass is 138 g/mol. The van der Waals surface area contributed by atoms with Crippen LogP contribution in [0.2, 0.25) is 0 Å². The van der Waals surface area contributed by atoms with Crippen LogP contribution in [0.15, 0.2) is 0 Å². The molecule has 0 atom stereocenters.